The van der Waals surface area contributed by atoms with Crippen molar-refractivity contribution in [1.82, 2.24) is 0 Å². The van der Waals surface area contributed by atoms with Crippen LogP contribution in [0.2, 0.25) is 0 Å². The highest BCUT2D eigenvalue weighted by molar-refractivity contribution is 5.56. The zero-order valence-corrected chi connectivity index (χ0v) is 17.7. The van der Waals surface area contributed by atoms with Gasteiger partial charge in [-0.2, -0.15) is 0 Å². The van der Waals surface area contributed by atoms with E-state index in [-0.39, 0.29) is 34.2 Å². The minimum atomic E-state index is -0.403. The summed E-state index contributed by atoms with van der Waals surface area (Å²) in [6.07, 6.45) is 1.49. The van der Waals surface area contributed by atoms with Gasteiger partial charge in [-0.05, 0) is 68.1 Å². The van der Waals surface area contributed by atoms with E-state index in [1.807, 2.05) is 12.1 Å². The van der Waals surface area contributed by atoms with Crippen molar-refractivity contribution in [2.45, 2.75) is 38.8 Å². The molecule has 4 rings (SSSR count). The Bertz CT molecular complexity index is 1200. The summed E-state index contributed by atoms with van der Waals surface area (Å²) in [5.41, 5.74) is 3.81. The van der Waals surface area contributed by atoms with E-state index >= 15 is 0 Å². The molecule has 0 bridgehead atoms. The number of hydrogen-bond acceptors (Lipinski definition) is 5. The van der Waals surface area contributed by atoms with Crippen LogP contribution in [-0.2, 0) is 0 Å². The van der Waals surface area contributed by atoms with E-state index in [4.69, 9.17) is 0 Å². The molecule has 32 heavy (non-hydrogen) atoms. The topological polar surface area (TPSA) is 89.5 Å². The molecule has 0 radical (unpaired) electrons. The number of nitrogens with zero attached hydrogens (tertiary/aromatic N) is 3. The minimum Gasteiger partial charge on any atom is -0.357 e. The Morgan fingerprint density at radius 1 is 0.781 bits per heavy atom. The van der Waals surface area contributed by atoms with E-state index in [1.54, 1.807) is 44.2 Å². The fourth-order valence-corrected chi connectivity index (χ4v) is 4.56. The van der Waals surface area contributed by atoms with E-state index in [1.165, 1.54) is 18.2 Å². The molecular weight excluding hydrogens is 413 g/mol. The number of nitro benzene ring substituents is 2. The SMILES string of the molecule is Cc1cc(C2CCC(c3ccc(C)c([N+](=O)[O-])c3)N2c2ccc(F)cc2)ccc1[N+](=O)[O-]. The summed E-state index contributed by atoms with van der Waals surface area (Å²) in [6.45, 7) is 3.41. The van der Waals surface area contributed by atoms with E-state index < -0.39 is 4.92 Å². The van der Waals surface area contributed by atoms with Gasteiger partial charge in [-0.25, -0.2) is 4.39 Å². The van der Waals surface area contributed by atoms with Crippen molar-refractivity contribution in [3.8, 4) is 0 Å². The molecule has 8 heteroatoms. The Morgan fingerprint density at radius 3 is 1.91 bits per heavy atom. The zero-order chi connectivity index (χ0) is 23.0. The normalized spacial score (nSPS) is 18.0. The molecule has 0 N–H and O–H groups in total. The highest BCUT2D eigenvalue weighted by Gasteiger charge is 2.36. The van der Waals surface area contributed by atoms with Crippen LogP contribution in [0.5, 0.6) is 0 Å². The lowest BCUT2D eigenvalue weighted by molar-refractivity contribution is -0.385. The molecule has 1 aliphatic heterocycles. The van der Waals surface area contributed by atoms with Crippen LogP contribution in [0.4, 0.5) is 21.5 Å². The first-order valence-electron chi connectivity index (χ1n) is 10.3. The molecule has 0 amide bonds. The lowest BCUT2D eigenvalue weighted by Crippen LogP contribution is -2.26. The Labute approximate surface area is 184 Å². The second kappa shape index (κ2) is 8.37. The average molecular weight is 435 g/mol. The van der Waals surface area contributed by atoms with Crippen molar-refractivity contribution in [1.29, 1.82) is 0 Å². The Kier molecular flexibility index (Phi) is 5.61. The monoisotopic (exact) mass is 435 g/mol. The van der Waals surface area contributed by atoms with Crippen LogP contribution in [0, 0.1) is 39.9 Å². The van der Waals surface area contributed by atoms with Gasteiger partial charge >= 0.3 is 0 Å². The van der Waals surface area contributed by atoms with Gasteiger partial charge in [-0.1, -0.05) is 18.2 Å². The number of aryl methyl sites for hydroxylation is 2. The van der Waals surface area contributed by atoms with Gasteiger partial charge in [0.25, 0.3) is 11.4 Å². The summed E-state index contributed by atoms with van der Waals surface area (Å²) in [6, 6.07) is 16.3. The predicted octanol–water partition coefficient (Wildman–Crippen LogP) is 6.34. The second-order valence-corrected chi connectivity index (χ2v) is 8.10. The summed E-state index contributed by atoms with van der Waals surface area (Å²) in [7, 11) is 0. The predicted molar refractivity (Wildman–Crippen MR) is 119 cm³/mol. The van der Waals surface area contributed by atoms with Crippen molar-refractivity contribution < 1.29 is 14.2 Å². The molecule has 1 fully saturated rings. The fourth-order valence-electron chi connectivity index (χ4n) is 4.56. The van der Waals surface area contributed by atoms with Crippen molar-refractivity contribution in [3.05, 3.63) is 109 Å². The number of nitro groups is 2. The standard InChI is InChI=1S/C24H22FN3O4/c1-15-3-4-18(14-24(15)28(31)32)23-12-11-22(26(23)20-8-6-19(25)7-9-20)17-5-10-21(27(29)30)16(2)13-17/h3-10,13-14,22-23H,11-12H2,1-2H3. The van der Waals surface area contributed by atoms with Gasteiger partial charge in [0.15, 0.2) is 0 Å². The van der Waals surface area contributed by atoms with E-state index in [0.717, 1.165) is 29.7 Å². The van der Waals surface area contributed by atoms with E-state index in [0.29, 0.717) is 11.1 Å². The maximum Gasteiger partial charge on any atom is 0.272 e. The van der Waals surface area contributed by atoms with Gasteiger partial charge in [-0.3, -0.25) is 20.2 Å². The molecule has 164 valence electrons. The third-order valence-corrected chi connectivity index (χ3v) is 6.13. The third kappa shape index (κ3) is 3.91. The molecule has 3 aromatic rings. The van der Waals surface area contributed by atoms with Crippen LogP contribution < -0.4 is 4.90 Å². The van der Waals surface area contributed by atoms with Crippen LogP contribution in [0.15, 0.2) is 60.7 Å². The number of anilines is 1. The Balaban J connectivity index is 1.79. The van der Waals surface area contributed by atoms with Crippen molar-refractivity contribution >= 4 is 17.1 Å². The Hall–Kier alpha value is -3.81. The second-order valence-electron chi connectivity index (χ2n) is 8.10. The van der Waals surface area contributed by atoms with E-state index in [9.17, 15) is 24.6 Å². The number of benzene rings is 3. The molecule has 3 aromatic carbocycles. The smallest absolute Gasteiger partial charge is 0.272 e. The number of halogens is 1. The van der Waals surface area contributed by atoms with Gasteiger partial charge in [0, 0.05) is 28.9 Å². The van der Waals surface area contributed by atoms with Gasteiger partial charge < -0.3 is 4.90 Å². The molecule has 1 saturated heterocycles. The summed E-state index contributed by atoms with van der Waals surface area (Å²) < 4.78 is 13.6. The van der Waals surface area contributed by atoms with Crippen molar-refractivity contribution in [2.24, 2.45) is 0 Å². The molecule has 0 spiro atoms. The fraction of sp³-hybridized carbons (Fsp3) is 0.250. The van der Waals surface area contributed by atoms with Gasteiger partial charge in [0.2, 0.25) is 0 Å². The molecule has 1 heterocycles. The highest BCUT2D eigenvalue weighted by atomic mass is 19.1. The van der Waals surface area contributed by atoms with Crippen molar-refractivity contribution in [2.75, 3.05) is 4.90 Å². The highest BCUT2D eigenvalue weighted by Crippen LogP contribution is 2.47. The Morgan fingerprint density at radius 2 is 1.34 bits per heavy atom. The first-order chi connectivity index (χ1) is 15.3. The molecule has 0 aromatic heterocycles. The quantitative estimate of drug-likeness (QED) is 0.344. The van der Waals surface area contributed by atoms with Gasteiger partial charge in [0.05, 0.1) is 21.9 Å². The van der Waals surface area contributed by atoms with Gasteiger partial charge in [0.1, 0.15) is 5.82 Å². The lowest BCUT2D eigenvalue weighted by Gasteiger charge is -2.33. The first kappa shape index (κ1) is 21.4. The molecule has 0 aliphatic carbocycles. The van der Waals surface area contributed by atoms with Crippen LogP contribution in [0.1, 0.15) is 47.2 Å². The van der Waals surface area contributed by atoms with Crippen LogP contribution >= 0.6 is 0 Å². The van der Waals surface area contributed by atoms with Crippen LogP contribution in [0.3, 0.4) is 0 Å². The van der Waals surface area contributed by atoms with Crippen LogP contribution in [-0.4, -0.2) is 9.85 Å². The summed E-state index contributed by atoms with van der Waals surface area (Å²) >= 11 is 0. The van der Waals surface area contributed by atoms with Gasteiger partial charge in [-0.15, -0.1) is 0 Å². The zero-order valence-electron chi connectivity index (χ0n) is 17.7. The summed E-state index contributed by atoms with van der Waals surface area (Å²) in [4.78, 5) is 24.1. The number of rotatable bonds is 5. The third-order valence-electron chi connectivity index (χ3n) is 6.13. The maximum atomic E-state index is 13.6. The number of hydrogen-bond donors (Lipinski definition) is 0. The molecule has 1 aliphatic rings. The van der Waals surface area contributed by atoms with E-state index in [2.05, 4.69) is 4.90 Å². The first-order valence-corrected chi connectivity index (χ1v) is 10.3. The molecule has 2 unspecified atom stereocenters. The lowest BCUT2D eigenvalue weighted by atomic mass is 10.0. The average Bonchev–Trinajstić information content (AvgIpc) is 3.19. The minimum absolute atomic E-state index is 0.0609. The molecular formula is C24H22FN3O4. The largest absolute Gasteiger partial charge is 0.357 e. The summed E-state index contributed by atoms with van der Waals surface area (Å²) in [5.74, 6) is -0.349. The molecule has 2 atom stereocenters. The van der Waals surface area contributed by atoms with Crippen LogP contribution in [0.25, 0.3) is 0 Å². The maximum absolute atomic E-state index is 13.6. The van der Waals surface area contributed by atoms with Crippen molar-refractivity contribution in [3.63, 3.8) is 0 Å². The molecule has 7 nitrogen and oxygen atoms in total. The summed E-state index contributed by atoms with van der Waals surface area (Å²) in [5, 5.41) is 22.7. The molecule has 0 saturated carbocycles.